The van der Waals surface area contributed by atoms with Gasteiger partial charge in [-0.3, -0.25) is 0 Å². The largest absolute Gasteiger partial charge is 0.394 e. The van der Waals surface area contributed by atoms with Gasteiger partial charge in [0.05, 0.1) is 6.61 Å². The molecule has 0 amide bonds. The molecule has 72 valence electrons. The number of aliphatic hydroxyl groups excluding tert-OH is 4. The van der Waals surface area contributed by atoms with Crippen molar-refractivity contribution >= 4 is 22.6 Å². The summed E-state index contributed by atoms with van der Waals surface area (Å²) in [4.78, 5) is 0. The highest BCUT2D eigenvalue weighted by Gasteiger charge is 2.42. The van der Waals surface area contributed by atoms with Gasteiger partial charge in [0.15, 0.2) is 0 Å². The molecule has 1 aliphatic heterocycles. The van der Waals surface area contributed by atoms with E-state index in [2.05, 4.69) is 0 Å². The van der Waals surface area contributed by atoms with E-state index in [1.165, 1.54) is 0 Å². The number of halogens is 1. The number of hydrogen-bond acceptors (Lipinski definition) is 5. The van der Waals surface area contributed by atoms with Crippen molar-refractivity contribution in [2.45, 2.75) is 28.5 Å². The van der Waals surface area contributed by atoms with Crippen LogP contribution in [0.2, 0.25) is 0 Å². The number of hydrogen-bond donors (Lipinski definition) is 4. The summed E-state index contributed by atoms with van der Waals surface area (Å²) in [6, 6.07) is 0. The molecule has 0 spiro atoms. The van der Waals surface area contributed by atoms with Gasteiger partial charge >= 0.3 is 0 Å². The number of ether oxygens (including phenoxy) is 1. The standard InChI is InChI=1S/C6H11IO5/c7-6-5(11)4(10)3(9)2(1-8)12-6/h2-6,8-11H,1H2/t2?,3-,4?,5?,6-/m1/s1. The minimum atomic E-state index is -1.25. The van der Waals surface area contributed by atoms with Gasteiger partial charge in [0, 0.05) is 0 Å². The Kier molecular flexibility index (Phi) is 3.68. The molecule has 12 heavy (non-hydrogen) atoms. The maximum absolute atomic E-state index is 9.23. The lowest BCUT2D eigenvalue weighted by atomic mass is 10.0. The Morgan fingerprint density at radius 3 is 2.17 bits per heavy atom. The van der Waals surface area contributed by atoms with Crippen molar-refractivity contribution in [3.63, 3.8) is 0 Å². The molecule has 5 nitrogen and oxygen atoms in total. The van der Waals surface area contributed by atoms with Gasteiger partial charge in [-0.25, -0.2) is 0 Å². The topological polar surface area (TPSA) is 90.2 Å². The fourth-order valence-corrected chi connectivity index (χ4v) is 1.86. The minimum absolute atomic E-state index is 0.371. The van der Waals surface area contributed by atoms with Gasteiger partial charge in [-0.05, 0) is 22.6 Å². The second-order valence-corrected chi connectivity index (χ2v) is 3.91. The zero-order valence-electron chi connectivity index (χ0n) is 6.17. The number of alkyl halides is 1. The van der Waals surface area contributed by atoms with Crippen LogP contribution in [0.25, 0.3) is 0 Å². The van der Waals surface area contributed by atoms with Gasteiger partial charge in [0.25, 0.3) is 0 Å². The summed E-state index contributed by atoms with van der Waals surface area (Å²) in [6.45, 7) is -0.371. The first-order chi connectivity index (χ1) is 5.57. The lowest BCUT2D eigenvalue weighted by molar-refractivity contribution is -0.201. The molecular formula is C6H11IO5. The molecule has 0 aromatic rings. The van der Waals surface area contributed by atoms with Gasteiger partial charge in [0.1, 0.15) is 28.5 Å². The highest BCUT2D eigenvalue weighted by Crippen LogP contribution is 2.24. The van der Waals surface area contributed by atoms with E-state index in [1.807, 2.05) is 0 Å². The van der Waals surface area contributed by atoms with Crippen LogP contribution in [0.5, 0.6) is 0 Å². The third kappa shape index (κ3) is 1.88. The van der Waals surface area contributed by atoms with E-state index in [4.69, 9.17) is 9.84 Å². The van der Waals surface area contributed by atoms with Crippen LogP contribution in [0.1, 0.15) is 0 Å². The molecule has 5 atom stereocenters. The molecule has 6 heteroatoms. The first kappa shape index (κ1) is 10.6. The van der Waals surface area contributed by atoms with Crippen LogP contribution in [-0.2, 0) is 4.74 Å². The van der Waals surface area contributed by atoms with E-state index in [0.29, 0.717) is 0 Å². The summed E-state index contributed by atoms with van der Waals surface area (Å²) in [5.41, 5.74) is 0. The predicted octanol–water partition coefficient (Wildman–Crippen LogP) is -1.78. The third-order valence-electron chi connectivity index (χ3n) is 1.83. The molecule has 0 radical (unpaired) electrons. The molecule has 0 aliphatic carbocycles. The Balaban J connectivity index is 2.63. The molecule has 3 unspecified atom stereocenters. The molecule has 1 rings (SSSR count). The quantitative estimate of drug-likeness (QED) is 0.339. The van der Waals surface area contributed by atoms with Gasteiger partial charge in [-0.15, -0.1) is 0 Å². The molecule has 0 saturated carbocycles. The zero-order chi connectivity index (χ0) is 9.30. The molecule has 1 heterocycles. The molecule has 1 fully saturated rings. The van der Waals surface area contributed by atoms with E-state index in [-0.39, 0.29) is 6.61 Å². The summed E-state index contributed by atoms with van der Waals surface area (Å²) >= 11 is 1.79. The maximum atomic E-state index is 9.23. The molecule has 1 aliphatic rings. The molecule has 0 aromatic heterocycles. The van der Waals surface area contributed by atoms with Crippen LogP contribution in [0.15, 0.2) is 0 Å². The Bertz CT molecular complexity index is 150. The van der Waals surface area contributed by atoms with Crippen LogP contribution in [-0.4, -0.2) is 55.6 Å². The van der Waals surface area contributed by atoms with Crippen LogP contribution in [0.3, 0.4) is 0 Å². The average Bonchev–Trinajstić information content (AvgIpc) is 2.08. The minimum Gasteiger partial charge on any atom is -0.394 e. The normalized spacial score (nSPS) is 49.2. The number of rotatable bonds is 1. The van der Waals surface area contributed by atoms with Crippen molar-refractivity contribution in [2.75, 3.05) is 6.61 Å². The second-order valence-electron chi connectivity index (χ2n) is 2.68. The summed E-state index contributed by atoms with van der Waals surface area (Å²) in [5.74, 6) is 0. The smallest absolute Gasteiger partial charge is 0.137 e. The van der Waals surface area contributed by atoms with Crippen LogP contribution < -0.4 is 0 Å². The van der Waals surface area contributed by atoms with Crippen molar-refractivity contribution in [3.8, 4) is 0 Å². The fourth-order valence-electron chi connectivity index (χ4n) is 1.06. The summed E-state index contributed by atoms with van der Waals surface area (Å²) in [5, 5.41) is 36.4. The zero-order valence-corrected chi connectivity index (χ0v) is 8.33. The highest BCUT2D eigenvalue weighted by molar-refractivity contribution is 14.1. The molecule has 0 aromatic carbocycles. The molecule has 4 N–H and O–H groups in total. The molecular weight excluding hydrogens is 279 g/mol. The van der Waals surface area contributed by atoms with E-state index in [1.54, 1.807) is 22.6 Å². The monoisotopic (exact) mass is 290 g/mol. The van der Waals surface area contributed by atoms with Crippen molar-refractivity contribution in [3.05, 3.63) is 0 Å². The first-order valence-electron chi connectivity index (χ1n) is 3.52. The third-order valence-corrected chi connectivity index (χ3v) is 2.86. The summed E-state index contributed by atoms with van der Waals surface area (Å²) in [7, 11) is 0. The maximum Gasteiger partial charge on any atom is 0.137 e. The van der Waals surface area contributed by atoms with Crippen LogP contribution >= 0.6 is 22.6 Å². The highest BCUT2D eigenvalue weighted by atomic mass is 127. The van der Waals surface area contributed by atoms with E-state index in [0.717, 1.165) is 0 Å². The predicted molar refractivity (Wildman–Crippen MR) is 47.8 cm³/mol. The average molecular weight is 290 g/mol. The van der Waals surface area contributed by atoms with Crippen LogP contribution in [0, 0.1) is 0 Å². The van der Waals surface area contributed by atoms with Gasteiger partial charge in [-0.1, -0.05) is 0 Å². The number of aliphatic hydroxyl groups is 4. The molecule has 0 bridgehead atoms. The molecule has 1 saturated heterocycles. The lowest BCUT2D eigenvalue weighted by Gasteiger charge is -2.37. The Morgan fingerprint density at radius 2 is 1.67 bits per heavy atom. The van der Waals surface area contributed by atoms with E-state index in [9.17, 15) is 15.3 Å². The fraction of sp³-hybridized carbons (Fsp3) is 1.00. The van der Waals surface area contributed by atoms with Crippen molar-refractivity contribution in [1.82, 2.24) is 0 Å². The van der Waals surface area contributed by atoms with Crippen molar-refractivity contribution in [1.29, 1.82) is 0 Å². The Morgan fingerprint density at radius 1 is 1.08 bits per heavy atom. The van der Waals surface area contributed by atoms with Gasteiger partial charge < -0.3 is 25.2 Å². The van der Waals surface area contributed by atoms with Crippen molar-refractivity contribution in [2.24, 2.45) is 0 Å². The second kappa shape index (κ2) is 4.16. The van der Waals surface area contributed by atoms with Gasteiger partial charge in [0.2, 0.25) is 0 Å². The summed E-state index contributed by atoms with van der Waals surface area (Å²) < 4.78 is 4.41. The Labute approximate surface area is 83.1 Å². The lowest BCUT2D eigenvalue weighted by Crippen LogP contribution is -2.56. The van der Waals surface area contributed by atoms with Crippen LogP contribution in [0.4, 0.5) is 0 Å². The van der Waals surface area contributed by atoms with E-state index < -0.39 is 28.5 Å². The van der Waals surface area contributed by atoms with Gasteiger partial charge in [-0.2, -0.15) is 0 Å². The SMILES string of the molecule is OCC1O[C@@H](I)C(O)C(O)[C@@H]1O. The first-order valence-corrected chi connectivity index (χ1v) is 4.77. The summed E-state index contributed by atoms with van der Waals surface area (Å²) in [6.07, 6.45) is -4.40. The Hall–Kier alpha value is 0.530. The van der Waals surface area contributed by atoms with E-state index >= 15 is 0 Å². The van der Waals surface area contributed by atoms with Crippen molar-refractivity contribution < 1.29 is 25.2 Å².